The third kappa shape index (κ3) is 3.04. The van der Waals surface area contributed by atoms with Gasteiger partial charge in [0.1, 0.15) is 5.82 Å². The molecule has 1 aromatic carbocycles. The number of carbonyl (C=O) groups excluding carboxylic acids is 1. The number of hydrogen-bond donors (Lipinski definition) is 1. The first-order valence-electron chi connectivity index (χ1n) is 8.67. The summed E-state index contributed by atoms with van der Waals surface area (Å²) >= 11 is 0. The summed E-state index contributed by atoms with van der Waals surface area (Å²) in [5, 5.41) is 3.30. The van der Waals surface area contributed by atoms with E-state index in [1.165, 1.54) is 25.0 Å². The lowest BCUT2D eigenvalue weighted by atomic mass is 9.77. The van der Waals surface area contributed by atoms with Crippen molar-refractivity contribution in [1.29, 1.82) is 0 Å². The van der Waals surface area contributed by atoms with Gasteiger partial charge >= 0.3 is 0 Å². The molecule has 0 unspecified atom stereocenters. The molecule has 1 aromatic rings. The lowest BCUT2D eigenvalue weighted by molar-refractivity contribution is -0.127. The minimum Gasteiger partial charge on any atom is -0.353 e. The third-order valence-corrected chi connectivity index (χ3v) is 5.64. The fourth-order valence-corrected chi connectivity index (χ4v) is 4.12. The summed E-state index contributed by atoms with van der Waals surface area (Å²) in [6.07, 6.45) is 8.50. The zero-order chi connectivity index (χ0) is 15.6. The number of nitrogens with one attached hydrogen (secondary N) is 1. The Hall–Kier alpha value is -1.38. The van der Waals surface area contributed by atoms with Gasteiger partial charge in [-0.3, -0.25) is 4.79 Å². The van der Waals surface area contributed by atoms with Crippen LogP contribution in [0, 0.1) is 11.7 Å². The Morgan fingerprint density at radius 1 is 1.09 bits per heavy atom. The highest BCUT2D eigenvalue weighted by molar-refractivity contribution is 5.88. The zero-order valence-electron chi connectivity index (χ0n) is 13.4. The molecular formula is C19H26FNO. The summed E-state index contributed by atoms with van der Waals surface area (Å²) in [5.41, 5.74) is 0.546. The molecule has 2 aliphatic carbocycles. The maximum atomic E-state index is 13.2. The summed E-state index contributed by atoms with van der Waals surface area (Å²) in [4.78, 5) is 13.0. The first kappa shape index (κ1) is 15.5. The first-order chi connectivity index (χ1) is 10.6. The molecule has 3 heteroatoms. The number of carbonyl (C=O) groups is 1. The van der Waals surface area contributed by atoms with Crippen LogP contribution in [-0.4, -0.2) is 11.9 Å². The van der Waals surface area contributed by atoms with Gasteiger partial charge in [-0.05, 0) is 62.1 Å². The quantitative estimate of drug-likeness (QED) is 0.884. The minimum absolute atomic E-state index is 0.163. The molecule has 0 aliphatic heterocycles. The van der Waals surface area contributed by atoms with Crippen molar-refractivity contribution in [3.63, 3.8) is 0 Å². The van der Waals surface area contributed by atoms with Gasteiger partial charge in [0.25, 0.3) is 0 Å². The van der Waals surface area contributed by atoms with Crippen LogP contribution in [-0.2, 0) is 10.2 Å². The summed E-state index contributed by atoms with van der Waals surface area (Å²) in [5.74, 6) is 0.709. The lowest BCUT2D eigenvalue weighted by Crippen LogP contribution is -2.47. The molecule has 0 heterocycles. The second kappa shape index (κ2) is 6.39. The van der Waals surface area contributed by atoms with E-state index in [-0.39, 0.29) is 11.7 Å². The molecule has 2 nitrogen and oxygen atoms in total. The van der Waals surface area contributed by atoms with Crippen molar-refractivity contribution in [3.05, 3.63) is 35.6 Å². The van der Waals surface area contributed by atoms with E-state index >= 15 is 0 Å². The Morgan fingerprint density at radius 3 is 2.27 bits per heavy atom. The molecule has 120 valence electrons. The average Bonchev–Trinajstić information content (AvgIpc) is 3.01. The van der Waals surface area contributed by atoms with Crippen LogP contribution < -0.4 is 5.32 Å². The normalized spacial score (nSPS) is 27.5. The van der Waals surface area contributed by atoms with Crippen molar-refractivity contribution >= 4 is 5.91 Å². The maximum absolute atomic E-state index is 13.2. The minimum atomic E-state index is -0.434. The Kier molecular flexibility index (Phi) is 4.51. The van der Waals surface area contributed by atoms with Crippen molar-refractivity contribution in [3.8, 4) is 0 Å². The van der Waals surface area contributed by atoms with Gasteiger partial charge in [0, 0.05) is 6.04 Å². The van der Waals surface area contributed by atoms with E-state index in [4.69, 9.17) is 0 Å². The second-order valence-corrected chi connectivity index (χ2v) is 7.23. The van der Waals surface area contributed by atoms with E-state index in [1.54, 1.807) is 12.1 Å². The van der Waals surface area contributed by atoms with Crippen LogP contribution >= 0.6 is 0 Å². The molecule has 2 saturated carbocycles. The van der Waals surface area contributed by atoms with E-state index in [2.05, 4.69) is 12.2 Å². The molecule has 1 N–H and O–H groups in total. The SMILES string of the molecule is CC1CCC(NC(=O)C2(c3ccc(F)cc3)CCCC2)CC1. The Labute approximate surface area is 132 Å². The van der Waals surface area contributed by atoms with E-state index in [1.807, 2.05) is 0 Å². The van der Waals surface area contributed by atoms with Crippen LogP contribution in [0.4, 0.5) is 4.39 Å². The van der Waals surface area contributed by atoms with Crippen molar-refractivity contribution in [2.45, 2.75) is 69.7 Å². The number of hydrogen-bond acceptors (Lipinski definition) is 1. The topological polar surface area (TPSA) is 29.1 Å². The molecule has 2 fully saturated rings. The molecular weight excluding hydrogens is 277 g/mol. The second-order valence-electron chi connectivity index (χ2n) is 7.23. The van der Waals surface area contributed by atoms with Crippen molar-refractivity contribution in [2.24, 2.45) is 5.92 Å². The van der Waals surface area contributed by atoms with Gasteiger partial charge in [-0.15, -0.1) is 0 Å². The van der Waals surface area contributed by atoms with Crippen LogP contribution in [0.5, 0.6) is 0 Å². The molecule has 3 rings (SSSR count). The standard InChI is InChI=1S/C19H26FNO/c1-14-4-10-17(11-5-14)21-18(22)19(12-2-3-13-19)15-6-8-16(20)9-7-15/h6-9,14,17H,2-5,10-13H2,1H3,(H,21,22). The lowest BCUT2D eigenvalue weighted by Gasteiger charge is -2.33. The van der Waals surface area contributed by atoms with Gasteiger partial charge in [-0.1, -0.05) is 31.9 Å². The number of benzene rings is 1. The Bertz CT molecular complexity index is 511. The molecule has 0 saturated heterocycles. The number of rotatable bonds is 3. The first-order valence-corrected chi connectivity index (χ1v) is 8.67. The molecule has 0 bridgehead atoms. The van der Waals surface area contributed by atoms with Gasteiger partial charge in [0.15, 0.2) is 0 Å². The summed E-state index contributed by atoms with van der Waals surface area (Å²) in [6, 6.07) is 6.86. The number of halogens is 1. The van der Waals surface area contributed by atoms with Crippen molar-refractivity contribution in [1.82, 2.24) is 5.32 Å². The summed E-state index contributed by atoms with van der Waals surface area (Å²) in [6.45, 7) is 2.29. The fourth-order valence-electron chi connectivity index (χ4n) is 4.12. The van der Waals surface area contributed by atoms with Gasteiger partial charge in [0.05, 0.1) is 5.41 Å². The van der Waals surface area contributed by atoms with Crippen molar-refractivity contribution in [2.75, 3.05) is 0 Å². The van der Waals surface area contributed by atoms with E-state index in [0.717, 1.165) is 50.0 Å². The molecule has 22 heavy (non-hydrogen) atoms. The predicted molar refractivity (Wildman–Crippen MR) is 86.1 cm³/mol. The predicted octanol–water partition coefficient (Wildman–Crippen LogP) is 4.33. The van der Waals surface area contributed by atoms with Crippen LogP contribution in [0.1, 0.15) is 63.9 Å². The zero-order valence-corrected chi connectivity index (χ0v) is 13.4. The molecule has 0 radical (unpaired) electrons. The third-order valence-electron chi connectivity index (χ3n) is 5.64. The molecule has 1 amide bonds. The number of amides is 1. The van der Waals surface area contributed by atoms with Crippen LogP contribution in [0.25, 0.3) is 0 Å². The smallest absolute Gasteiger partial charge is 0.230 e. The highest BCUT2D eigenvalue weighted by Crippen LogP contribution is 2.41. The molecule has 0 atom stereocenters. The van der Waals surface area contributed by atoms with E-state index < -0.39 is 5.41 Å². The van der Waals surface area contributed by atoms with Crippen LogP contribution in [0.2, 0.25) is 0 Å². The van der Waals surface area contributed by atoms with Crippen LogP contribution in [0.15, 0.2) is 24.3 Å². The van der Waals surface area contributed by atoms with Gasteiger partial charge in [-0.25, -0.2) is 4.39 Å². The molecule has 0 aromatic heterocycles. The van der Waals surface area contributed by atoms with Gasteiger partial charge in [-0.2, -0.15) is 0 Å². The highest BCUT2D eigenvalue weighted by Gasteiger charge is 2.43. The summed E-state index contributed by atoms with van der Waals surface area (Å²) < 4.78 is 13.2. The molecule has 2 aliphatic rings. The van der Waals surface area contributed by atoms with E-state index in [9.17, 15) is 9.18 Å². The monoisotopic (exact) mass is 303 g/mol. The van der Waals surface area contributed by atoms with Crippen LogP contribution in [0.3, 0.4) is 0 Å². The Morgan fingerprint density at radius 2 is 1.68 bits per heavy atom. The maximum Gasteiger partial charge on any atom is 0.230 e. The van der Waals surface area contributed by atoms with E-state index in [0.29, 0.717) is 6.04 Å². The van der Waals surface area contributed by atoms with Crippen molar-refractivity contribution < 1.29 is 9.18 Å². The average molecular weight is 303 g/mol. The largest absolute Gasteiger partial charge is 0.353 e. The summed E-state index contributed by atoms with van der Waals surface area (Å²) in [7, 11) is 0. The van der Waals surface area contributed by atoms with Gasteiger partial charge < -0.3 is 5.32 Å². The van der Waals surface area contributed by atoms with Gasteiger partial charge in [0.2, 0.25) is 5.91 Å². The fraction of sp³-hybridized carbons (Fsp3) is 0.632. The highest BCUT2D eigenvalue weighted by atomic mass is 19.1. The Balaban J connectivity index is 1.75. The molecule has 0 spiro atoms.